The molecule has 1 aliphatic carbocycles. The van der Waals surface area contributed by atoms with Crippen LogP contribution in [0.3, 0.4) is 0 Å². The van der Waals surface area contributed by atoms with Gasteiger partial charge in [-0.25, -0.2) is 0 Å². The Morgan fingerprint density at radius 2 is 2.18 bits per heavy atom. The number of benzene rings is 1. The monoisotopic (exact) mass is 404 g/mol. The molecular formula is C21H32N4O2S. The fourth-order valence-electron chi connectivity index (χ4n) is 3.79. The number of para-hydroxylation sites is 2. The largest absolute Gasteiger partial charge is 0.482 e. The molecule has 1 aromatic carbocycles. The third-order valence-corrected chi connectivity index (χ3v) is 6.32. The highest BCUT2D eigenvalue weighted by Crippen LogP contribution is 2.31. The zero-order valence-corrected chi connectivity index (χ0v) is 17.8. The molecule has 0 aromatic heterocycles. The Bertz CT molecular complexity index is 682. The van der Waals surface area contributed by atoms with Crippen molar-refractivity contribution >= 4 is 29.3 Å². The van der Waals surface area contributed by atoms with Crippen LogP contribution in [0.25, 0.3) is 0 Å². The van der Waals surface area contributed by atoms with Gasteiger partial charge in [-0.2, -0.15) is 11.8 Å². The van der Waals surface area contributed by atoms with Gasteiger partial charge in [0.05, 0.1) is 5.69 Å². The number of guanidine groups is 1. The summed E-state index contributed by atoms with van der Waals surface area (Å²) in [5.41, 5.74) is 0.859. The van der Waals surface area contributed by atoms with Crippen LogP contribution in [-0.4, -0.2) is 55.2 Å². The maximum absolute atomic E-state index is 12.2. The number of amides is 1. The third-order valence-electron chi connectivity index (χ3n) is 5.09. The number of fused-ring (bicyclic) bond motifs is 1. The fourth-order valence-corrected chi connectivity index (χ4v) is 4.93. The molecular weight excluding hydrogens is 372 g/mol. The van der Waals surface area contributed by atoms with Gasteiger partial charge in [0.2, 0.25) is 0 Å². The van der Waals surface area contributed by atoms with Crippen molar-refractivity contribution in [2.45, 2.75) is 50.8 Å². The lowest BCUT2D eigenvalue weighted by Crippen LogP contribution is -2.43. The number of nitrogens with zero attached hydrogens (tertiary/aromatic N) is 2. The van der Waals surface area contributed by atoms with E-state index in [9.17, 15) is 4.79 Å². The second-order valence-corrected chi connectivity index (χ2v) is 8.73. The molecule has 6 nitrogen and oxygen atoms in total. The highest BCUT2D eigenvalue weighted by molar-refractivity contribution is 7.99. The molecule has 1 aliphatic heterocycles. The van der Waals surface area contributed by atoms with Gasteiger partial charge in [-0.1, -0.05) is 19.1 Å². The molecule has 1 aromatic rings. The van der Waals surface area contributed by atoms with Gasteiger partial charge >= 0.3 is 0 Å². The molecule has 0 bridgehead atoms. The van der Waals surface area contributed by atoms with Crippen molar-refractivity contribution in [2.24, 2.45) is 4.99 Å². The van der Waals surface area contributed by atoms with Crippen LogP contribution >= 0.6 is 11.8 Å². The van der Waals surface area contributed by atoms with E-state index in [1.54, 1.807) is 0 Å². The van der Waals surface area contributed by atoms with Gasteiger partial charge in [-0.05, 0) is 50.5 Å². The van der Waals surface area contributed by atoms with E-state index in [2.05, 4.69) is 36.2 Å². The van der Waals surface area contributed by atoms with E-state index >= 15 is 0 Å². The van der Waals surface area contributed by atoms with Crippen LogP contribution in [0.5, 0.6) is 5.75 Å². The van der Waals surface area contributed by atoms with Crippen molar-refractivity contribution < 1.29 is 9.53 Å². The van der Waals surface area contributed by atoms with Gasteiger partial charge in [0.15, 0.2) is 12.6 Å². The van der Waals surface area contributed by atoms with Crippen molar-refractivity contribution in [3.8, 4) is 5.75 Å². The van der Waals surface area contributed by atoms with Crippen LogP contribution in [0.1, 0.15) is 39.5 Å². The van der Waals surface area contributed by atoms with E-state index in [1.165, 1.54) is 25.0 Å². The van der Waals surface area contributed by atoms with Crippen molar-refractivity contribution in [2.75, 3.05) is 36.9 Å². The van der Waals surface area contributed by atoms with E-state index in [0.29, 0.717) is 19.1 Å². The van der Waals surface area contributed by atoms with Gasteiger partial charge in [0.1, 0.15) is 5.75 Å². The maximum atomic E-state index is 12.2. The Balaban J connectivity index is 1.50. The molecule has 0 radical (unpaired) electrons. The molecule has 0 saturated heterocycles. The summed E-state index contributed by atoms with van der Waals surface area (Å²) in [6.45, 7) is 6.62. The van der Waals surface area contributed by atoms with Crippen LogP contribution in [0.2, 0.25) is 0 Å². The summed E-state index contributed by atoms with van der Waals surface area (Å²) >= 11 is 2.07. The number of hydrogen-bond donors (Lipinski definition) is 2. The molecule has 0 spiro atoms. The summed E-state index contributed by atoms with van der Waals surface area (Å²) < 4.78 is 5.50. The number of ether oxygens (including phenoxy) is 1. The highest BCUT2D eigenvalue weighted by Gasteiger charge is 2.26. The van der Waals surface area contributed by atoms with Crippen molar-refractivity contribution in [1.29, 1.82) is 0 Å². The summed E-state index contributed by atoms with van der Waals surface area (Å²) in [5.74, 6) is 2.87. The lowest BCUT2D eigenvalue weighted by atomic mass is 10.2. The SMILES string of the molecule is CCNC(=NCCCN1C(=O)COc2ccccc21)NC1CCC(SCC)C1. The lowest BCUT2D eigenvalue weighted by Gasteiger charge is -2.29. The molecule has 154 valence electrons. The Labute approximate surface area is 172 Å². The Morgan fingerprint density at radius 3 is 3.00 bits per heavy atom. The first-order chi connectivity index (χ1) is 13.7. The standard InChI is InChI=1S/C21H32N4O2S/c1-3-22-21(24-16-10-11-17(14-16)28-4-2)23-12-7-13-25-18-8-5-6-9-19(18)27-15-20(25)26/h5-6,8-9,16-17H,3-4,7,10-15H2,1-2H3,(H2,22,23,24). The van der Waals surface area contributed by atoms with E-state index in [1.807, 2.05) is 29.2 Å². The zero-order valence-electron chi connectivity index (χ0n) is 16.9. The molecule has 1 fully saturated rings. The quantitative estimate of drug-likeness (QED) is 0.396. The molecule has 2 atom stereocenters. The van der Waals surface area contributed by atoms with Crippen LogP contribution < -0.4 is 20.3 Å². The third kappa shape index (κ3) is 5.56. The highest BCUT2D eigenvalue weighted by atomic mass is 32.2. The first-order valence-electron chi connectivity index (χ1n) is 10.4. The first kappa shape index (κ1) is 20.8. The number of rotatable bonds is 8. The maximum Gasteiger partial charge on any atom is 0.265 e. The van der Waals surface area contributed by atoms with E-state index in [0.717, 1.165) is 35.6 Å². The zero-order chi connectivity index (χ0) is 19.8. The summed E-state index contributed by atoms with van der Waals surface area (Å²) in [4.78, 5) is 18.8. The smallest absolute Gasteiger partial charge is 0.265 e. The second-order valence-electron chi connectivity index (χ2n) is 7.15. The van der Waals surface area contributed by atoms with Crippen LogP contribution in [0.15, 0.2) is 29.3 Å². The number of anilines is 1. The lowest BCUT2D eigenvalue weighted by molar-refractivity contribution is -0.121. The van der Waals surface area contributed by atoms with Gasteiger partial charge in [-0.3, -0.25) is 9.79 Å². The number of nitrogens with one attached hydrogen (secondary N) is 2. The minimum absolute atomic E-state index is 0.0122. The number of hydrogen-bond acceptors (Lipinski definition) is 4. The first-order valence-corrected chi connectivity index (χ1v) is 11.4. The Kier molecular flexibility index (Phi) is 7.89. The molecule has 7 heteroatoms. The second kappa shape index (κ2) is 10.6. The van der Waals surface area contributed by atoms with Gasteiger partial charge in [0.25, 0.3) is 5.91 Å². The van der Waals surface area contributed by atoms with Crippen molar-refractivity contribution in [1.82, 2.24) is 10.6 Å². The summed E-state index contributed by atoms with van der Waals surface area (Å²) in [6.07, 6.45) is 4.52. The molecule has 1 amide bonds. The van der Waals surface area contributed by atoms with Crippen molar-refractivity contribution in [3.63, 3.8) is 0 Å². The number of thioether (sulfide) groups is 1. The summed E-state index contributed by atoms with van der Waals surface area (Å²) in [5, 5.41) is 7.72. The number of aliphatic imine (C=N–C) groups is 1. The van der Waals surface area contributed by atoms with Gasteiger partial charge < -0.3 is 20.3 Å². The minimum Gasteiger partial charge on any atom is -0.482 e. The van der Waals surface area contributed by atoms with Gasteiger partial charge in [0, 0.05) is 30.9 Å². The minimum atomic E-state index is 0.0122. The number of carbonyl (C=O) groups is 1. The van der Waals surface area contributed by atoms with Crippen LogP contribution in [0.4, 0.5) is 5.69 Å². The van der Waals surface area contributed by atoms with E-state index in [4.69, 9.17) is 9.73 Å². The Morgan fingerprint density at radius 1 is 1.32 bits per heavy atom. The van der Waals surface area contributed by atoms with Crippen molar-refractivity contribution in [3.05, 3.63) is 24.3 Å². The average molecular weight is 405 g/mol. The van der Waals surface area contributed by atoms with E-state index < -0.39 is 0 Å². The molecule has 2 unspecified atom stereocenters. The molecule has 1 heterocycles. The fraction of sp³-hybridized carbons (Fsp3) is 0.619. The summed E-state index contributed by atoms with van der Waals surface area (Å²) in [7, 11) is 0. The normalized spacial score (nSPS) is 22.0. The average Bonchev–Trinajstić information content (AvgIpc) is 3.14. The number of carbonyl (C=O) groups excluding carboxylic acids is 1. The molecule has 28 heavy (non-hydrogen) atoms. The summed E-state index contributed by atoms with van der Waals surface area (Å²) in [6, 6.07) is 8.22. The van der Waals surface area contributed by atoms with E-state index in [-0.39, 0.29) is 12.5 Å². The van der Waals surface area contributed by atoms with Crippen LogP contribution in [-0.2, 0) is 4.79 Å². The molecule has 3 rings (SSSR count). The molecule has 2 N–H and O–H groups in total. The molecule has 1 saturated carbocycles. The molecule has 2 aliphatic rings. The predicted octanol–water partition coefficient (Wildman–Crippen LogP) is 3.03. The predicted molar refractivity (Wildman–Crippen MR) is 118 cm³/mol. The van der Waals surface area contributed by atoms with Crippen LogP contribution in [0, 0.1) is 0 Å². The van der Waals surface area contributed by atoms with Gasteiger partial charge in [-0.15, -0.1) is 0 Å². The Hall–Kier alpha value is -1.89. The topological polar surface area (TPSA) is 66.0 Å².